The van der Waals surface area contributed by atoms with Crippen LogP contribution in [0.3, 0.4) is 0 Å². The molecule has 2 aliphatic heterocycles. The van der Waals surface area contributed by atoms with Gasteiger partial charge in [-0.25, -0.2) is 23.6 Å². The summed E-state index contributed by atoms with van der Waals surface area (Å²) >= 11 is 0. The first kappa shape index (κ1) is 28.8. The molecule has 2 aromatic rings. The summed E-state index contributed by atoms with van der Waals surface area (Å²) in [7, 11) is 3.18. The van der Waals surface area contributed by atoms with E-state index in [1.54, 1.807) is 26.3 Å². The maximum atomic E-state index is 14.2. The molecule has 2 aromatic carbocycles. The number of piperazine rings is 1. The molecule has 1 atom stereocenters. The van der Waals surface area contributed by atoms with E-state index in [1.807, 2.05) is 12.1 Å². The van der Waals surface area contributed by atoms with Gasteiger partial charge in [0.15, 0.2) is 0 Å². The Labute approximate surface area is 221 Å². The van der Waals surface area contributed by atoms with Crippen molar-refractivity contribution in [2.24, 2.45) is 0 Å². The van der Waals surface area contributed by atoms with Gasteiger partial charge in [0, 0.05) is 31.8 Å². The lowest BCUT2D eigenvalue weighted by atomic mass is 10.1. The predicted molar refractivity (Wildman–Crippen MR) is 138 cm³/mol. The monoisotopic (exact) mass is 531 g/mol. The first-order valence-corrected chi connectivity index (χ1v) is 12.6. The van der Waals surface area contributed by atoms with Crippen molar-refractivity contribution in [1.82, 2.24) is 25.1 Å². The molecule has 38 heavy (non-hydrogen) atoms. The summed E-state index contributed by atoms with van der Waals surface area (Å²) < 4.78 is 32.6. The number of amides is 4. The normalized spacial score (nSPS) is 17.5. The molecule has 1 N–H and O–H groups in total. The number of nitrogens with zero attached hydrogens (tertiary/aromatic N) is 4. The number of hydrogen-bond donors (Lipinski definition) is 1. The third kappa shape index (κ3) is 6.97. The van der Waals surface area contributed by atoms with Crippen molar-refractivity contribution in [2.45, 2.75) is 45.9 Å². The maximum Gasteiger partial charge on any atom is 0.334 e. The van der Waals surface area contributed by atoms with Crippen molar-refractivity contribution in [3.05, 3.63) is 65.2 Å². The molecule has 2 fully saturated rings. The molecule has 4 rings (SSSR count). The number of hydrogen-bond acceptors (Lipinski definition) is 5. The number of fused-ring (bicyclic) bond motifs is 1. The number of ether oxygens (including phenoxy) is 1. The Morgan fingerprint density at radius 1 is 1.03 bits per heavy atom. The molecular weight excluding hydrogens is 496 g/mol. The summed E-state index contributed by atoms with van der Waals surface area (Å²) in [6.45, 7) is 4.20. The minimum absolute atomic E-state index is 0.0122. The van der Waals surface area contributed by atoms with E-state index in [9.17, 15) is 23.2 Å². The van der Waals surface area contributed by atoms with Crippen LogP contribution in [0.4, 0.5) is 13.6 Å². The predicted octanol–water partition coefficient (Wildman–Crippen LogP) is 3.35. The Morgan fingerprint density at radius 3 is 2.32 bits per heavy atom. The topological polar surface area (TPSA) is 85.4 Å². The van der Waals surface area contributed by atoms with Crippen molar-refractivity contribution < 1.29 is 27.9 Å². The molecule has 0 aromatic heterocycles. The highest BCUT2D eigenvalue weighted by molar-refractivity contribution is 5.89. The van der Waals surface area contributed by atoms with Crippen LogP contribution in [0.1, 0.15) is 37.8 Å². The third-order valence-electron chi connectivity index (χ3n) is 6.42. The van der Waals surface area contributed by atoms with Gasteiger partial charge in [0.1, 0.15) is 30.1 Å². The van der Waals surface area contributed by atoms with Gasteiger partial charge in [0.25, 0.3) is 0 Å². The van der Waals surface area contributed by atoms with Crippen molar-refractivity contribution in [2.75, 3.05) is 33.8 Å². The van der Waals surface area contributed by atoms with Gasteiger partial charge in [-0.3, -0.25) is 9.59 Å². The van der Waals surface area contributed by atoms with E-state index in [4.69, 9.17) is 4.74 Å². The Bertz CT molecular complexity index is 1130. The summed E-state index contributed by atoms with van der Waals surface area (Å²) in [6.07, 6.45) is 1.88. The first-order chi connectivity index (χ1) is 18.2. The first-order valence-electron chi connectivity index (χ1n) is 12.6. The zero-order valence-electron chi connectivity index (χ0n) is 22.2. The number of nitrogens with one attached hydrogen (secondary N) is 1. The zero-order valence-corrected chi connectivity index (χ0v) is 22.2. The summed E-state index contributed by atoms with van der Waals surface area (Å²) in [5, 5.41) is 5.73. The molecular formula is C27H35F2N5O4. The lowest BCUT2D eigenvalue weighted by molar-refractivity contribution is -0.178. The van der Waals surface area contributed by atoms with E-state index in [1.165, 1.54) is 38.7 Å². The molecule has 0 aliphatic carbocycles. The van der Waals surface area contributed by atoms with E-state index in [2.05, 4.69) is 19.2 Å². The highest BCUT2D eigenvalue weighted by Crippen LogP contribution is 2.24. The third-order valence-corrected chi connectivity index (χ3v) is 6.42. The molecule has 0 spiro atoms. The average Bonchev–Trinajstić information content (AvgIpc) is 2.90. The van der Waals surface area contributed by atoms with E-state index in [0.29, 0.717) is 5.75 Å². The van der Waals surface area contributed by atoms with E-state index < -0.39 is 23.8 Å². The number of benzene rings is 2. The lowest BCUT2D eigenvalue weighted by Gasteiger charge is -2.51. The van der Waals surface area contributed by atoms with E-state index in [-0.39, 0.29) is 50.1 Å². The highest BCUT2D eigenvalue weighted by Gasteiger charge is 2.45. The SMILES string of the molecule is CCCC.COc1ccc(CNC(=O)N2C3CN(Cc4ccc(F)cc4F)C(=O)CN3C(=O)CN2C)cc1. The van der Waals surface area contributed by atoms with Crippen molar-refractivity contribution in [3.8, 4) is 5.75 Å². The lowest BCUT2D eigenvalue weighted by Crippen LogP contribution is -2.73. The minimum atomic E-state index is -0.763. The van der Waals surface area contributed by atoms with E-state index >= 15 is 0 Å². The van der Waals surface area contributed by atoms with Crippen LogP contribution in [0.15, 0.2) is 42.5 Å². The molecule has 11 heteroatoms. The molecule has 9 nitrogen and oxygen atoms in total. The summed E-state index contributed by atoms with van der Waals surface area (Å²) in [6, 6.07) is 9.94. The molecule has 2 saturated heterocycles. The summed E-state index contributed by atoms with van der Waals surface area (Å²) in [4.78, 5) is 41.1. The fourth-order valence-electron chi connectivity index (χ4n) is 4.10. The second kappa shape index (κ2) is 13.2. The fourth-order valence-corrected chi connectivity index (χ4v) is 4.10. The number of methoxy groups -OCH3 is 1. The standard InChI is InChI=1S/C23H25F2N5O4.C4H10/c1-27-13-22(32)29-14-21(31)28(11-16-5-6-17(24)9-19(16)25)12-20(29)30(27)23(33)26-10-15-3-7-18(34-2)8-4-15;1-3-4-2/h3-9,20H,10-14H2,1-2H3,(H,26,33);3-4H2,1-2H3. The van der Waals surface area contributed by atoms with Crippen LogP contribution in [0.2, 0.25) is 0 Å². The van der Waals surface area contributed by atoms with Crippen LogP contribution in [0.5, 0.6) is 5.75 Å². The number of hydrazine groups is 1. The number of unbranched alkanes of at least 4 members (excludes halogenated alkanes) is 1. The second-order valence-corrected chi connectivity index (χ2v) is 9.18. The molecule has 0 bridgehead atoms. The second-order valence-electron chi connectivity index (χ2n) is 9.18. The Kier molecular flexibility index (Phi) is 10.0. The zero-order chi connectivity index (χ0) is 27.8. The molecule has 2 aliphatic rings. The van der Waals surface area contributed by atoms with Gasteiger partial charge in [-0.05, 0) is 23.8 Å². The number of urea groups is 1. The quantitative estimate of drug-likeness (QED) is 0.618. The van der Waals surface area contributed by atoms with Crippen LogP contribution >= 0.6 is 0 Å². The highest BCUT2D eigenvalue weighted by atomic mass is 19.1. The Hall–Kier alpha value is -3.73. The van der Waals surface area contributed by atoms with Crippen molar-refractivity contribution in [3.63, 3.8) is 0 Å². The Balaban J connectivity index is 0.000000934. The van der Waals surface area contributed by atoms with Crippen LogP contribution in [0.25, 0.3) is 0 Å². The van der Waals surface area contributed by atoms with Crippen LogP contribution in [-0.4, -0.2) is 77.6 Å². The van der Waals surface area contributed by atoms with E-state index in [0.717, 1.165) is 17.7 Å². The van der Waals surface area contributed by atoms with Gasteiger partial charge in [-0.15, -0.1) is 0 Å². The van der Waals surface area contributed by atoms with Gasteiger partial charge < -0.3 is 19.9 Å². The largest absolute Gasteiger partial charge is 0.497 e. The number of carbonyl (C=O) groups excluding carboxylic acids is 3. The van der Waals surface area contributed by atoms with Crippen LogP contribution in [0, 0.1) is 11.6 Å². The van der Waals surface area contributed by atoms with Crippen LogP contribution in [-0.2, 0) is 22.7 Å². The molecule has 4 amide bonds. The van der Waals surface area contributed by atoms with Crippen molar-refractivity contribution in [1.29, 1.82) is 0 Å². The number of halogens is 2. The average molecular weight is 532 g/mol. The van der Waals surface area contributed by atoms with Gasteiger partial charge >= 0.3 is 6.03 Å². The Morgan fingerprint density at radius 2 is 1.71 bits per heavy atom. The molecule has 0 saturated carbocycles. The molecule has 1 unspecified atom stereocenters. The number of rotatable bonds is 6. The maximum absolute atomic E-state index is 14.2. The van der Waals surface area contributed by atoms with Crippen molar-refractivity contribution >= 4 is 17.8 Å². The number of likely N-dealkylation sites (N-methyl/N-ethyl adjacent to an activating group) is 1. The van der Waals surface area contributed by atoms with Gasteiger partial charge in [-0.1, -0.05) is 44.9 Å². The van der Waals surface area contributed by atoms with Gasteiger partial charge in [0.05, 0.1) is 20.2 Å². The van der Waals surface area contributed by atoms with Gasteiger partial charge in [-0.2, -0.15) is 0 Å². The van der Waals surface area contributed by atoms with Crippen LogP contribution < -0.4 is 10.1 Å². The summed E-state index contributed by atoms with van der Waals surface area (Å²) in [5.41, 5.74) is 1.00. The van der Waals surface area contributed by atoms with Gasteiger partial charge in [0.2, 0.25) is 11.8 Å². The summed E-state index contributed by atoms with van der Waals surface area (Å²) in [5.74, 6) is -1.44. The minimum Gasteiger partial charge on any atom is -0.497 e. The molecule has 206 valence electrons. The fraction of sp³-hybridized carbons (Fsp3) is 0.444. The smallest absolute Gasteiger partial charge is 0.334 e. The number of carbonyl (C=O) groups is 3. The molecule has 0 radical (unpaired) electrons. The molecule has 2 heterocycles.